The summed E-state index contributed by atoms with van der Waals surface area (Å²) < 4.78 is 75.8. The highest BCUT2D eigenvalue weighted by Crippen LogP contribution is 2.75. The number of carbonyl (C=O) groups is 1. The maximum Gasteiger partial charge on any atom is 0.315 e. The van der Waals surface area contributed by atoms with Crippen molar-refractivity contribution in [2.24, 2.45) is 73.6 Å². The van der Waals surface area contributed by atoms with Crippen molar-refractivity contribution in [2.45, 2.75) is 253 Å². The summed E-state index contributed by atoms with van der Waals surface area (Å²) in [7, 11) is 0. The van der Waals surface area contributed by atoms with Crippen LogP contribution in [0.2, 0.25) is 0 Å². The van der Waals surface area contributed by atoms with Gasteiger partial charge in [-0.05, 0) is 164 Å². The van der Waals surface area contributed by atoms with Crippen LogP contribution in [0.25, 0.3) is 10.4 Å². The lowest BCUT2D eigenvalue weighted by atomic mass is 9.34. The fraction of sp³-hybridized carbons (Fsp3) is 0.716. The fourth-order valence-corrected chi connectivity index (χ4v) is 18.9. The summed E-state index contributed by atoms with van der Waals surface area (Å²) >= 11 is 0. The molecule has 14 unspecified atom stereocenters. The lowest BCUT2D eigenvalue weighted by molar-refractivity contribution is -0.353. The van der Waals surface area contributed by atoms with Gasteiger partial charge in [-0.2, -0.15) is 0 Å². The lowest BCUT2D eigenvalue weighted by Crippen LogP contribution is -2.64. The first-order chi connectivity index (χ1) is 42.6. The number of fused-ring (bicyclic) bond motifs is 8. The summed E-state index contributed by atoms with van der Waals surface area (Å²) in [5.41, 5.74) is 14.4. The third kappa shape index (κ3) is 12.3. The fourth-order valence-electron chi connectivity index (χ4n) is 18.9. The van der Waals surface area contributed by atoms with Crippen molar-refractivity contribution in [3.8, 4) is 0 Å². The zero-order chi connectivity index (χ0) is 62.7. The first-order valence-corrected chi connectivity index (χ1v) is 34.1. The van der Waals surface area contributed by atoms with E-state index in [2.05, 4.69) is 95.8 Å². The molecule has 0 bridgehead atoms. The Morgan fingerprint density at radius 3 is 1.99 bits per heavy atom. The number of hydrogen-bond donors (Lipinski definition) is 0. The van der Waals surface area contributed by atoms with E-state index in [1.165, 1.54) is 31.3 Å². The second-order valence-electron chi connectivity index (χ2n) is 30.5. The predicted octanol–water partition coefficient (Wildman–Crippen LogP) is 15.4. The molecule has 0 aromatic heterocycles. The summed E-state index contributed by atoms with van der Waals surface area (Å²) in [6, 6.07) is 29.5. The number of carbonyl (C=O) groups excluding carboxylic acids is 1. The van der Waals surface area contributed by atoms with Gasteiger partial charge in [0, 0.05) is 10.8 Å². The number of benzene rings is 3. The van der Waals surface area contributed by atoms with Crippen LogP contribution >= 0.6 is 0 Å². The monoisotopic (exact) mass is 1230 g/mol. The molecule has 0 spiro atoms. The van der Waals surface area contributed by atoms with Gasteiger partial charge in [0.25, 0.3) is 0 Å². The molecule has 4 aliphatic heterocycles. The molecule has 0 N–H and O–H groups in total. The Bertz CT molecular complexity index is 2980. The molecule has 15 nitrogen and oxygen atoms in total. The first-order valence-electron chi connectivity index (χ1n) is 34.1. The van der Waals surface area contributed by atoms with E-state index in [4.69, 9.17) is 52.1 Å². The van der Waals surface area contributed by atoms with E-state index in [0.717, 1.165) is 66.5 Å². The summed E-state index contributed by atoms with van der Waals surface area (Å²) in [4.78, 5) is 19.6. The van der Waals surface area contributed by atoms with E-state index < -0.39 is 78.7 Å². The van der Waals surface area contributed by atoms with E-state index in [0.29, 0.717) is 38.6 Å². The molecule has 4 saturated heterocycles. The Hall–Kier alpha value is -4.22. The van der Waals surface area contributed by atoms with Crippen LogP contribution in [0.15, 0.2) is 108 Å². The SMILES string of the molecule is CC[C@]1(C)OC2C(O1)[C@H](OC1C(C)C(N=[N+]=[N-])[C@H](COCc3ccccc3)O[C@H]1OC(=O)C13CCC(C)(C)CC1C1=CCC4C5(C)CC[C@H](C)C(C)[C@@H]5CC[C@]4(C)[C@]1(C)CC3)O[C@H](C)C2O[C@@H]1OCC(OCc2ccccc2)C(OCc2ccccc2)C1C. The molecule has 0 amide bonds. The third-order valence-corrected chi connectivity index (χ3v) is 24.9. The lowest BCUT2D eigenvalue weighted by Gasteiger charge is -2.70. The molecule has 89 heavy (non-hydrogen) atoms. The molecule has 3 aromatic carbocycles. The van der Waals surface area contributed by atoms with E-state index in [1.807, 2.05) is 94.4 Å². The number of hydrogen-bond acceptors (Lipinski definition) is 13. The maximum absolute atomic E-state index is 16.2. The topological polar surface area (TPSA) is 167 Å². The third-order valence-electron chi connectivity index (χ3n) is 24.9. The average molecular weight is 1230 g/mol. The molecular formula is C74H103N3O12. The largest absolute Gasteiger partial charge is 0.432 e. The molecule has 9 aliphatic rings. The Morgan fingerprint density at radius 1 is 0.674 bits per heavy atom. The minimum Gasteiger partial charge on any atom is -0.432 e. The highest BCUT2D eigenvalue weighted by molar-refractivity contribution is 5.79. The van der Waals surface area contributed by atoms with Crippen LogP contribution in [0.5, 0.6) is 0 Å². The van der Waals surface area contributed by atoms with Gasteiger partial charge in [0.15, 0.2) is 18.4 Å². The predicted molar refractivity (Wildman–Crippen MR) is 338 cm³/mol. The quantitative estimate of drug-likeness (QED) is 0.0389. The number of ether oxygens (including phenoxy) is 11. The van der Waals surface area contributed by atoms with Gasteiger partial charge in [0.05, 0.1) is 62.8 Å². The Morgan fingerprint density at radius 2 is 1.31 bits per heavy atom. The van der Waals surface area contributed by atoms with E-state index in [9.17, 15) is 5.53 Å². The highest BCUT2D eigenvalue weighted by Gasteiger charge is 2.69. The summed E-state index contributed by atoms with van der Waals surface area (Å²) in [5, 5.41) is 4.40. The van der Waals surface area contributed by atoms with Gasteiger partial charge in [-0.15, -0.1) is 0 Å². The van der Waals surface area contributed by atoms with Crippen molar-refractivity contribution in [2.75, 3.05) is 13.2 Å². The van der Waals surface area contributed by atoms with E-state index >= 15 is 4.79 Å². The maximum atomic E-state index is 16.2. The average Bonchev–Trinajstić information content (AvgIpc) is 1.11. The Kier molecular flexibility index (Phi) is 18.9. The molecule has 8 fully saturated rings. The van der Waals surface area contributed by atoms with Crippen LogP contribution in [0, 0.1) is 68.5 Å². The number of allylic oxidation sites excluding steroid dienone is 2. The highest BCUT2D eigenvalue weighted by atomic mass is 16.8. The molecular weight excluding hydrogens is 1120 g/mol. The molecule has 3 aromatic rings. The molecule has 15 heteroatoms. The van der Waals surface area contributed by atoms with Gasteiger partial charge < -0.3 is 52.1 Å². The standard InChI is InChI=1S/C74H103N3O12/c1-13-73(12)88-63-62(86-65-48(5)60(81-42-52-27-21-16-22-28-52)57(44-82-65)80-41-51-25-19-15-20-26-51)49(6)83-67(64(63)89-73)85-61-47(4)59(76-77-75)56(43-79-40-50-23-17-14-18-24-50)84-66(61)87-68(78)74-37-35-69(7,8)39-55(74)54-29-30-58-70(9)33-31-45(2)46(3)53(70)32-34-72(58,11)71(54,10)36-38-74/h14-29,45-49,53,55-67H,13,30-44H2,1-12H3/t45-,46?,47?,48?,49+,53-,55?,56-,57?,58?,59?,60?,61?,62?,63?,64?,65-,66-,67-,70?,71+,72-,73+,74?/m0/s1. The van der Waals surface area contributed by atoms with Gasteiger partial charge in [-0.3, -0.25) is 4.79 Å². The van der Waals surface area contributed by atoms with Crippen LogP contribution < -0.4 is 0 Å². The van der Waals surface area contributed by atoms with Crippen LogP contribution in [0.4, 0.5) is 0 Å². The smallest absolute Gasteiger partial charge is 0.315 e. The second kappa shape index (κ2) is 25.9. The van der Waals surface area contributed by atoms with Gasteiger partial charge in [0.2, 0.25) is 6.29 Å². The molecule has 12 rings (SSSR count). The van der Waals surface area contributed by atoms with Gasteiger partial charge >= 0.3 is 5.97 Å². The number of azide groups is 1. The van der Waals surface area contributed by atoms with Crippen molar-refractivity contribution < 1.29 is 56.9 Å². The minimum atomic E-state index is -1.23. The molecule has 4 saturated carbocycles. The van der Waals surface area contributed by atoms with Crippen LogP contribution in [-0.4, -0.2) is 98.7 Å². The number of rotatable bonds is 18. The Labute approximate surface area is 530 Å². The first kappa shape index (κ1) is 64.9. The second-order valence-corrected chi connectivity index (χ2v) is 30.5. The van der Waals surface area contributed by atoms with Crippen LogP contribution in [0.1, 0.15) is 170 Å². The van der Waals surface area contributed by atoms with Gasteiger partial charge in [-0.1, -0.05) is 177 Å². The number of esters is 1. The van der Waals surface area contributed by atoms with Gasteiger partial charge in [0.1, 0.15) is 30.5 Å². The summed E-state index contributed by atoms with van der Waals surface area (Å²) in [6.45, 7) is 29.1. The van der Waals surface area contributed by atoms with E-state index in [-0.39, 0.29) is 64.9 Å². The Balaban J connectivity index is 0.825. The molecule has 486 valence electrons. The molecule has 0 radical (unpaired) electrons. The molecule has 24 atom stereocenters. The summed E-state index contributed by atoms with van der Waals surface area (Å²) in [5.74, 6) is 0.699. The van der Waals surface area contributed by atoms with Crippen molar-refractivity contribution >= 4 is 5.97 Å². The normalized spacial score (nSPS) is 44.0. The molecule has 4 heterocycles. The van der Waals surface area contributed by atoms with Crippen LogP contribution in [-0.2, 0) is 76.7 Å². The minimum absolute atomic E-state index is 0.00215. The zero-order valence-corrected chi connectivity index (χ0v) is 55.3. The van der Waals surface area contributed by atoms with Crippen molar-refractivity contribution in [3.05, 3.63) is 130 Å². The van der Waals surface area contributed by atoms with Gasteiger partial charge in [-0.25, -0.2) is 0 Å². The van der Waals surface area contributed by atoms with Crippen molar-refractivity contribution in [1.29, 1.82) is 0 Å². The summed E-state index contributed by atoms with van der Waals surface area (Å²) in [6.07, 6.45) is 5.21. The van der Waals surface area contributed by atoms with E-state index in [1.54, 1.807) is 0 Å². The van der Waals surface area contributed by atoms with Crippen molar-refractivity contribution in [1.82, 2.24) is 0 Å². The zero-order valence-electron chi connectivity index (χ0n) is 55.3. The number of nitrogens with zero attached hydrogens (tertiary/aromatic N) is 3. The van der Waals surface area contributed by atoms with Crippen LogP contribution in [0.3, 0.4) is 0 Å². The molecule has 5 aliphatic carbocycles. The van der Waals surface area contributed by atoms with Crippen molar-refractivity contribution in [3.63, 3.8) is 0 Å².